The summed E-state index contributed by atoms with van der Waals surface area (Å²) in [5.74, 6) is 0. The second kappa shape index (κ2) is 7.36. The minimum absolute atomic E-state index is 0.661. The molecular formula is C10H21N5. The van der Waals surface area contributed by atoms with Gasteiger partial charge < -0.3 is 4.90 Å². The van der Waals surface area contributed by atoms with Crippen LogP contribution >= 0.6 is 0 Å². The van der Waals surface area contributed by atoms with Crippen LogP contribution in [0.1, 0.15) is 20.3 Å². The molecule has 0 radical (unpaired) electrons. The Labute approximate surface area is 91.8 Å². The number of nitrogens with zero attached hydrogens (tertiary/aromatic N) is 4. The lowest BCUT2D eigenvalue weighted by molar-refractivity contribution is 0.272. The topological polar surface area (TPSA) is 43.2 Å². The highest BCUT2D eigenvalue weighted by Crippen LogP contribution is 1.90. The van der Waals surface area contributed by atoms with Crippen molar-refractivity contribution < 1.29 is 0 Å². The van der Waals surface area contributed by atoms with Crippen LogP contribution in [0.2, 0.25) is 0 Å². The molecule has 0 atom stereocenters. The van der Waals surface area contributed by atoms with Crippen molar-refractivity contribution in [1.82, 2.24) is 15.3 Å². The fourth-order valence-electron chi connectivity index (χ4n) is 1.47. The molecule has 0 bridgehead atoms. The van der Waals surface area contributed by atoms with E-state index in [0.717, 1.165) is 32.6 Å². The van der Waals surface area contributed by atoms with Crippen molar-refractivity contribution in [1.29, 1.82) is 0 Å². The van der Waals surface area contributed by atoms with Gasteiger partial charge in [-0.1, -0.05) is 13.8 Å². The van der Waals surface area contributed by atoms with E-state index >= 15 is 0 Å². The molecule has 0 aromatic rings. The van der Waals surface area contributed by atoms with Gasteiger partial charge in [0.15, 0.2) is 0 Å². The summed E-state index contributed by atoms with van der Waals surface area (Å²) in [7, 11) is 0. The van der Waals surface area contributed by atoms with Crippen LogP contribution in [0.5, 0.6) is 0 Å². The highest BCUT2D eigenvalue weighted by molar-refractivity contribution is 5.72. The largest absolute Gasteiger partial charge is 0.304 e. The lowest BCUT2D eigenvalue weighted by Crippen LogP contribution is -2.39. The molecule has 0 aromatic carbocycles. The third-order valence-corrected chi connectivity index (χ3v) is 2.45. The van der Waals surface area contributed by atoms with Crippen molar-refractivity contribution in [3.05, 3.63) is 0 Å². The van der Waals surface area contributed by atoms with E-state index in [1.54, 1.807) is 12.7 Å². The van der Waals surface area contributed by atoms with Crippen LogP contribution in [0.15, 0.2) is 9.98 Å². The minimum Gasteiger partial charge on any atom is -0.304 e. The third-order valence-electron chi connectivity index (χ3n) is 2.45. The SMILES string of the molecule is CCN(CC)CCCNN1C=NC=NC1. The van der Waals surface area contributed by atoms with Gasteiger partial charge in [-0.3, -0.25) is 10.0 Å². The maximum Gasteiger partial charge on any atom is 0.127 e. The Hall–Kier alpha value is -0.940. The predicted octanol–water partition coefficient (Wildman–Crippen LogP) is 0.553. The first-order chi connectivity index (χ1) is 7.36. The van der Waals surface area contributed by atoms with Crippen LogP contribution in [-0.2, 0) is 0 Å². The number of rotatable bonds is 7. The van der Waals surface area contributed by atoms with E-state index < -0.39 is 0 Å². The zero-order valence-corrected chi connectivity index (χ0v) is 9.69. The van der Waals surface area contributed by atoms with Crippen LogP contribution in [0.4, 0.5) is 0 Å². The van der Waals surface area contributed by atoms with Crippen LogP contribution < -0.4 is 5.43 Å². The molecule has 0 aliphatic carbocycles. The highest BCUT2D eigenvalue weighted by Gasteiger charge is 2.01. The van der Waals surface area contributed by atoms with E-state index in [4.69, 9.17) is 0 Å². The minimum atomic E-state index is 0.661. The maximum atomic E-state index is 4.03. The first-order valence-corrected chi connectivity index (χ1v) is 5.61. The van der Waals surface area contributed by atoms with Crippen molar-refractivity contribution in [2.45, 2.75) is 20.3 Å². The van der Waals surface area contributed by atoms with E-state index in [9.17, 15) is 0 Å². The summed E-state index contributed by atoms with van der Waals surface area (Å²) < 4.78 is 0. The number of nitrogens with one attached hydrogen (secondary N) is 1. The van der Waals surface area contributed by atoms with Crippen molar-refractivity contribution in [3.63, 3.8) is 0 Å². The average Bonchev–Trinajstić information content (AvgIpc) is 2.31. The van der Waals surface area contributed by atoms with Crippen LogP contribution in [0, 0.1) is 0 Å². The first-order valence-electron chi connectivity index (χ1n) is 5.61. The molecule has 5 nitrogen and oxygen atoms in total. The number of hydrogen-bond acceptors (Lipinski definition) is 5. The smallest absolute Gasteiger partial charge is 0.127 e. The van der Waals surface area contributed by atoms with Crippen LogP contribution in [-0.4, -0.2) is 55.4 Å². The molecule has 0 amide bonds. The Kier molecular flexibility index (Phi) is 5.96. The monoisotopic (exact) mass is 211 g/mol. The summed E-state index contributed by atoms with van der Waals surface area (Å²) in [4.78, 5) is 10.4. The summed E-state index contributed by atoms with van der Waals surface area (Å²) in [5, 5.41) is 1.90. The second-order valence-corrected chi connectivity index (χ2v) is 3.46. The van der Waals surface area contributed by atoms with Gasteiger partial charge in [0.05, 0.1) is 0 Å². The lowest BCUT2D eigenvalue weighted by atomic mass is 10.4. The molecule has 1 N–H and O–H groups in total. The Morgan fingerprint density at radius 1 is 1.40 bits per heavy atom. The van der Waals surface area contributed by atoms with Gasteiger partial charge in [0, 0.05) is 6.54 Å². The molecule has 0 fully saturated rings. The van der Waals surface area contributed by atoms with Crippen molar-refractivity contribution in [2.24, 2.45) is 9.98 Å². The fraction of sp³-hybridized carbons (Fsp3) is 0.800. The van der Waals surface area contributed by atoms with Crippen LogP contribution in [0.3, 0.4) is 0 Å². The molecule has 1 heterocycles. The zero-order chi connectivity index (χ0) is 10.9. The molecular weight excluding hydrogens is 190 g/mol. The van der Waals surface area contributed by atoms with Gasteiger partial charge in [-0.15, -0.1) is 0 Å². The maximum absolute atomic E-state index is 4.03. The third kappa shape index (κ3) is 4.90. The Morgan fingerprint density at radius 2 is 2.20 bits per heavy atom. The summed E-state index contributed by atoms with van der Waals surface area (Å²) in [6.07, 6.45) is 4.49. The van der Waals surface area contributed by atoms with Gasteiger partial charge in [-0.05, 0) is 26.1 Å². The normalized spacial score (nSPS) is 15.3. The van der Waals surface area contributed by atoms with Gasteiger partial charge in [-0.25, -0.2) is 10.4 Å². The summed E-state index contributed by atoms with van der Waals surface area (Å²) in [6.45, 7) is 9.44. The van der Waals surface area contributed by atoms with Crippen molar-refractivity contribution >= 4 is 12.7 Å². The van der Waals surface area contributed by atoms with Gasteiger partial charge >= 0.3 is 0 Å². The van der Waals surface area contributed by atoms with E-state index in [1.807, 2.05) is 5.01 Å². The zero-order valence-electron chi connectivity index (χ0n) is 9.69. The van der Waals surface area contributed by atoms with E-state index in [-0.39, 0.29) is 0 Å². The van der Waals surface area contributed by atoms with E-state index in [0.29, 0.717) is 6.67 Å². The van der Waals surface area contributed by atoms with Gasteiger partial charge in [0.1, 0.15) is 19.3 Å². The Balaban J connectivity index is 2.01. The molecule has 1 aliphatic rings. The first kappa shape index (κ1) is 12.1. The molecule has 1 rings (SSSR count). The Bertz CT molecular complexity index is 210. The lowest BCUT2D eigenvalue weighted by Gasteiger charge is -2.21. The number of hydrogen-bond donors (Lipinski definition) is 1. The standard InChI is InChI=1S/C10H21N5/c1-3-14(4-2)7-5-6-13-15-9-11-8-12-10-15/h8-9,13H,3-7,10H2,1-2H3. The van der Waals surface area contributed by atoms with E-state index in [1.165, 1.54) is 0 Å². The highest BCUT2D eigenvalue weighted by atomic mass is 15.5. The second-order valence-electron chi connectivity index (χ2n) is 3.46. The molecule has 0 saturated heterocycles. The predicted molar refractivity (Wildman–Crippen MR) is 64.1 cm³/mol. The summed E-state index contributed by atoms with van der Waals surface area (Å²) >= 11 is 0. The quantitative estimate of drug-likeness (QED) is 0.625. The molecule has 5 heteroatoms. The molecule has 0 unspecified atom stereocenters. The molecule has 0 aromatic heterocycles. The van der Waals surface area contributed by atoms with Gasteiger partial charge in [0.2, 0.25) is 0 Å². The summed E-state index contributed by atoms with van der Waals surface area (Å²) in [5.41, 5.74) is 3.27. The summed E-state index contributed by atoms with van der Waals surface area (Å²) in [6, 6.07) is 0. The van der Waals surface area contributed by atoms with Crippen molar-refractivity contribution in [2.75, 3.05) is 32.8 Å². The molecule has 0 spiro atoms. The molecule has 86 valence electrons. The van der Waals surface area contributed by atoms with Gasteiger partial charge in [0.25, 0.3) is 0 Å². The van der Waals surface area contributed by atoms with Gasteiger partial charge in [-0.2, -0.15) is 0 Å². The molecule has 0 saturated carbocycles. The molecule has 1 aliphatic heterocycles. The fourth-order valence-corrected chi connectivity index (χ4v) is 1.47. The van der Waals surface area contributed by atoms with Crippen LogP contribution in [0.25, 0.3) is 0 Å². The van der Waals surface area contributed by atoms with E-state index in [2.05, 4.69) is 34.2 Å². The Morgan fingerprint density at radius 3 is 2.80 bits per heavy atom. The number of aliphatic imine (C=N–C) groups is 2. The average molecular weight is 211 g/mol. The number of hydrazine groups is 1. The molecule has 15 heavy (non-hydrogen) atoms. The van der Waals surface area contributed by atoms with Crippen molar-refractivity contribution in [3.8, 4) is 0 Å².